The smallest absolute Gasteiger partial charge is 0.305 e. The maximum Gasteiger partial charge on any atom is 0.305 e. The fourth-order valence-electron chi connectivity index (χ4n) is 3.62. The van der Waals surface area contributed by atoms with E-state index in [0.29, 0.717) is 6.42 Å². The number of methoxy groups -OCH3 is 3. The van der Waals surface area contributed by atoms with E-state index in [0.717, 1.165) is 34.8 Å². The van der Waals surface area contributed by atoms with Gasteiger partial charge in [0, 0.05) is 6.42 Å². The molecular formula is C26H28O4S. The second-order valence-corrected chi connectivity index (χ2v) is 8.34. The first-order chi connectivity index (χ1) is 15.1. The predicted molar refractivity (Wildman–Crippen MR) is 126 cm³/mol. The van der Waals surface area contributed by atoms with Crippen LogP contribution in [0.15, 0.2) is 78.9 Å². The maximum absolute atomic E-state index is 11.6. The van der Waals surface area contributed by atoms with Gasteiger partial charge in [-0.05, 0) is 53.1 Å². The summed E-state index contributed by atoms with van der Waals surface area (Å²) in [5.74, 6) is 2.24. The van der Waals surface area contributed by atoms with Gasteiger partial charge in [-0.15, -0.1) is 11.8 Å². The zero-order chi connectivity index (χ0) is 22.1. The molecule has 5 heteroatoms. The largest absolute Gasteiger partial charge is 0.497 e. The van der Waals surface area contributed by atoms with E-state index in [1.54, 1.807) is 14.2 Å². The van der Waals surface area contributed by atoms with Crippen molar-refractivity contribution < 1.29 is 19.0 Å². The van der Waals surface area contributed by atoms with E-state index < -0.39 is 4.75 Å². The van der Waals surface area contributed by atoms with Crippen LogP contribution in [0.3, 0.4) is 0 Å². The zero-order valence-electron chi connectivity index (χ0n) is 18.2. The molecule has 0 atom stereocenters. The van der Waals surface area contributed by atoms with Gasteiger partial charge in [-0.2, -0.15) is 0 Å². The SMILES string of the molecule is COC(=O)CCCSC(c1ccccc1)(c1ccc(OC)cc1)c1ccc(OC)cc1. The lowest BCUT2D eigenvalue weighted by atomic mass is 9.84. The van der Waals surface area contributed by atoms with E-state index in [2.05, 4.69) is 48.5 Å². The number of carbonyl (C=O) groups excluding carboxylic acids is 1. The quantitative estimate of drug-likeness (QED) is 0.232. The van der Waals surface area contributed by atoms with Crippen LogP contribution in [0.2, 0.25) is 0 Å². The van der Waals surface area contributed by atoms with Crippen LogP contribution in [0.1, 0.15) is 29.5 Å². The highest BCUT2D eigenvalue weighted by Gasteiger charge is 2.37. The lowest BCUT2D eigenvalue weighted by molar-refractivity contribution is -0.140. The summed E-state index contributed by atoms with van der Waals surface area (Å²) in [6, 6.07) is 26.9. The Morgan fingerprint density at radius 1 is 0.742 bits per heavy atom. The molecule has 3 rings (SSSR count). The van der Waals surface area contributed by atoms with Crippen LogP contribution < -0.4 is 9.47 Å². The highest BCUT2D eigenvalue weighted by atomic mass is 32.2. The number of hydrogen-bond donors (Lipinski definition) is 0. The number of benzene rings is 3. The van der Waals surface area contributed by atoms with E-state index in [9.17, 15) is 4.79 Å². The van der Waals surface area contributed by atoms with Gasteiger partial charge < -0.3 is 14.2 Å². The Hall–Kier alpha value is -2.92. The fourth-order valence-corrected chi connectivity index (χ4v) is 5.12. The van der Waals surface area contributed by atoms with Crippen LogP contribution in [-0.2, 0) is 14.3 Å². The van der Waals surface area contributed by atoms with E-state index in [4.69, 9.17) is 14.2 Å². The van der Waals surface area contributed by atoms with E-state index >= 15 is 0 Å². The molecule has 31 heavy (non-hydrogen) atoms. The summed E-state index contributed by atoms with van der Waals surface area (Å²) < 4.78 is 15.1. The molecule has 0 spiro atoms. The van der Waals surface area contributed by atoms with Gasteiger partial charge in [-0.25, -0.2) is 0 Å². The Morgan fingerprint density at radius 3 is 1.68 bits per heavy atom. The minimum Gasteiger partial charge on any atom is -0.497 e. The van der Waals surface area contributed by atoms with Gasteiger partial charge in [0.1, 0.15) is 11.5 Å². The second-order valence-electron chi connectivity index (χ2n) is 7.03. The van der Waals surface area contributed by atoms with Crippen molar-refractivity contribution >= 4 is 17.7 Å². The van der Waals surface area contributed by atoms with Crippen LogP contribution in [0.5, 0.6) is 11.5 Å². The maximum atomic E-state index is 11.6. The minimum absolute atomic E-state index is 0.181. The standard InChI is InChI=1S/C26H28O4S/c1-28-23-15-11-21(12-16-23)26(20-8-5-4-6-9-20,31-19-7-10-25(27)30-3)22-13-17-24(29-2)18-14-22/h4-6,8-9,11-18H,7,10,19H2,1-3H3. The van der Waals surface area contributed by atoms with Crippen molar-refractivity contribution in [1.82, 2.24) is 0 Å². The molecule has 0 amide bonds. The highest BCUT2D eigenvalue weighted by Crippen LogP contribution is 2.49. The summed E-state index contributed by atoms with van der Waals surface area (Å²) in [4.78, 5) is 11.6. The third kappa shape index (κ3) is 5.23. The number of carbonyl (C=O) groups is 1. The number of rotatable bonds is 10. The normalized spacial score (nSPS) is 11.1. The molecule has 0 aliphatic heterocycles. The summed E-state index contributed by atoms with van der Waals surface area (Å²) >= 11 is 1.82. The Bertz CT molecular complexity index is 905. The number of thioether (sulfide) groups is 1. The first-order valence-electron chi connectivity index (χ1n) is 10.2. The summed E-state index contributed by atoms with van der Waals surface area (Å²) in [7, 11) is 4.77. The van der Waals surface area contributed by atoms with Gasteiger partial charge in [0.2, 0.25) is 0 Å². The van der Waals surface area contributed by atoms with Crippen molar-refractivity contribution in [3.63, 3.8) is 0 Å². The van der Waals surface area contributed by atoms with Crippen molar-refractivity contribution in [2.24, 2.45) is 0 Å². The van der Waals surface area contributed by atoms with Crippen LogP contribution in [0.4, 0.5) is 0 Å². The van der Waals surface area contributed by atoms with Crippen LogP contribution in [0, 0.1) is 0 Å². The molecule has 0 aromatic heterocycles. The molecule has 0 radical (unpaired) electrons. The summed E-state index contributed by atoms with van der Waals surface area (Å²) in [5.41, 5.74) is 3.47. The molecule has 3 aromatic rings. The Morgan fingerprint density at radius 2 is 1.23 bits per heavy atom. The first-order valence-corrected chi connectivity index (χ1v) is 11.2. The topological polar surface area (TPSA) is 44.8 Å². The molecule has 0 unspecified atom stereocenters. The van der Waals surface area contributed by atoms with Crippen LogP contribution in [0.25, 0.3) is 0 Å². The van der Waals surface area contributed by atoms with Crippen molar-refractivity contribution in [3.8, 4) is 11.5 Å². The van der Waals surface area contributed by atoms with Crippen molar-refractivity contribution in [2.75, 3.05) is 27.1 Å². The van der Waals surface area contributed by atoms with Gasteiger partial charge in [0.15, 0.2) is 0 Å². The lowest BCUT2D eigenvalue weighted by Crippen LogP contribution is -2.26. The molecule has 3 aromatic carbocycles. The zero-order valence-corrected chi connectivity index (χ0v) is 19.0. The van der Waals surface area contributed by atoms with Crippen LogP contribution in [-0.4, -0.2) is 33.1 Å². The van der Waals surface area contributed by atoms with Gasteiger partial charge in [0.25, 0.3) is 0 Å². The molecule has 0 saturated carbocycles. The monoisotopic (exact) mass is 436 g/mol. The van der Waals surface area contributed by atoms with Crippen molar-refractivity contribution in [2.45, 2.75) is 17.6 Å². The molecule has 162 valence electrons. The molecule has 0 N–H and O–H groups in total. The molecule has 0 heterocycles. The van der Waals surface area contributed by atoms with E-state index in [1.807, 2.05) is 42.1 Å². The molecule has 0 aliphatic carbocycles. The van der Waals surface area contributed by atoms with Crippen molar-refractivity contribution in [3.05, 3.63) is 95.6 Å². The third-order valence-corrected chi connectivity index (χ3v) is 6.88. The Labute approximate surface area is 188 Å². The summed E-state index contributed by atoms with van der Waals surface area (Å²) in [5, 5.41) is 0. The van der Waals surface area contributed by atoms with E-state index in [-0.39, 0.29) is 5.97 Å². The molecule has 0 saturated heterocycles. The Kier molecular flexibility index (Phi) is 8.01. The first kappa shape index (κ1) is 22.8. The van der Waals surface area contributed by atoms with E-state index in [1.165, 1.54) is 12.7 Å². The summed E-state index contributed by atoms with van der Waals surface area (Å²) in [6.45, 7) is 0. The predicted octanol–water partition coefficient (Wildman–Crippen LogP) is 5.68. The summed E-state index contributed by atoms with van der Waals surface area (Å²) in [6.07, 6.45) is 1.14. The minimum atomic E-state index is -0.448. The van der Waals surface area contributed by atoms with Gasteiger partial charge in [-0.3, -0.25) is 4.79 Å². The highest BCUT2D eigenvalue weighted by molar-refractivity contribution is 8.00. The van der Waals surface area contributed by atoms with Crippen LogP contribution >= 0.6 is 11.8 Å². The van der Waals surface area contributed by atoms with Gasteiger partial charge in [-0.1, -0.05) is 54.6 Å². The molecule has 4 nitrogen and oxygen atoms in total. The van der Waals surface area contributed by atoms with Gasteiger partial charge >= 0.3 is 5.97 Å². The van der Waals surface area contributed by atoms with Gasteiger partial charge in [0.05, 0.1) is 26.1 Å². The number of hydrogen-bond acceptors (Lipinski definition) is 5. The molecule has 0 bridgehead atoms. The Balaban J connectivity index is 2.10. The fraction of sp³-hybridized carbons (Fsp3) is 0.269. The number of esters is 1. The lowest BCUT2D eigenvalue weighted by Gasteiger charge is -2.35. The molecule has 0 aliphatic rings. The van der Waals surface area contributed by atoms with Crippen molar-refractivity contribution in [1.29, 1.82) is 0 Å². The second kappa shape index (κ2) is 10.9. The average Bonchev–Trinajstić information content (AvgIpc) is 2.85. The third-order valence-electron chi connectivity index (χ3n) is 5.24. The molecular weight excluding hydrogens is 408 g/mol. The molecule has 0 fully saturated rings. The average molecular weight is 437 g/mol. The number of ether oxygens (including phenoxy) is 3.